The molecule has 0 aliphatic carbocycles. The topological polar surface area (TPSA) is 86.3 Å². The van der Waals surface area contributed by atoms with E-state index < -0.39 is 0 Å². The van der Waals surface area contributed by atoms with E-state index in [2.05, 4.69) is 28.4 Å². The number of aromatic nitrogens is 3. The van der Waals surface area contributed by atoms with E-state index in [4.69, 9.17) is 10.5 Å². The number of rotatable bonds is 4. The Morgan fingerprint density at radius 1 is 1.05 bits per heavy atom. The van der Waals surface area contributed by atoms with E-state index in [1.54, 1.807) is 6.92 Å². The predicted octanol–water partition coefficient (Wildman–Crippen LogP) is 5.18. The van der Waals surface area contributed by atoms with Crippen molar-refractivity contribution in [1.82, 2.24) is 19.4 Å². The van der Waals surface area contributed by atoms with Crippen LogP contribution in [-0.4, -0.2) is 38.4 Å². The first-order valence-electron chi connectivity index (χ1n) is 12.3. The zero-order valence-corrected chi connectivity index (χ0v) is 21.1. The van der Waals surface area contributed by atoms with Crippen LogP contribution in [0.3, 0.4) is 0 Å². The third-order valence-corrected chi connectivity index (χ3v) is 6.66. The number of carbonyl (C=O) groups excluding carboxylic acids is 1. The van der Waals surface area contributed by atoms with E-state index in [0.29, 0.717) is 24.5 Å². The molecule has 186 valence electrons. The molecular weight excluding hydrogens is 462 g/mol. The minimum Gasteiger partial charge on any atom is -0.457 e. The number of hydrogen-bond donors (Lipinski definition) is 1. The zero-order chi connectivity index (χ0) is 25.9. The third kappa shape index (κ3) is 4.91. The number of amides is 1. The van der Waals surface area contributed by atoms with Gasteiger partial charge in [-0.25, -0.2) is 9.97 Å². The second-order valence-electron chi connectivity index (χ2n) is 9.30. The maximum atomic E-state index is 12.2. The molecule has 1 amide bonds. The maximum Gasteiger partial charge on any atom is 0.248 e. The number of nitrogen functional groups attached to an aromatic ring is 1. The number of nitrogens with two attached hydrogens (primary N) is 1. The molecule has 7 nitrogen and oxygen atoms in total. The zero-order valence-electron chi connectivity index (χ0n) is 21.1. The van der Waals surface area contributed by atoms with Crippen LogP contribution in [0.4, 0.5) is 5.82 Å². The Bertz CT molecular complexity index is 1520. The number of carbonyl (C=O) groups is 1. The minimum atomic E-state index is 0.0242. The summed E-state index contributed by atoms with van der Waals surface area (Å²) in [6.45, 7) is 6.91. The van der Waals surface area contributed by atoms with E-state index >= 15 is 0 Å². The lowest BCUT2D eigenvalue weighted by molar-refractivity contribution is -0.128. The summed E-state index contributed by atoms with van der Waals surface area (Å²) in [7, 11) is 1.95. The Morgan fingerprint density at radius 2 is 1.73 bits per heavy atom. The first-order chi connectivity index (χ1) is 17.9. The first-order valence-corrected chi connectivity index (χ1v) is 12.3. The number of hydrogen-bond acceptors (Lipinski definition) is 5. The Morgan fingerprint density at radius 3 is 2.41 bits per heavy atom. The van der Waals surface area contributed by atoms with E-state index in [1.807, 2.05) is 71.1 Å². The molecule has 0 unspecified atom stereocenters. The van der Waals surface area contributed by atoms with Crippen LogP contribution in [0.25, 0.3) is 22.2 Å². The van der Waals surface area contributed by atoms with Crippen LogP contribution in [0.5, 0.6) is 11.5 Å². The second kappa shape index (κ2) is 10.2. The van der Waals surface area contributed by atoms with Gasteiger partial charge in [0.1, 0.15) is 35.0 Å². The monoisotopic (exact) mass is 491 g/mol. The fraction of sp³-hybridized carbons (Fsp3) is 0.233. The lowest BCUT2D eigenvalue weighted by Gasteiger charge is -2.29. The van der Waals surface area contributed by atoms with Gasteiger partial charge in [0.25, 0.3) is 0 Å². The first kappa shape index (κ1) is 24.1. The summed E-state index contributed by atoms with van der Waals surface area (Å²) in [4.78, 5) is 22.8. The second-order valence-corrected chi connectivity index (χ2v) is 9.30. The van der Waals surface area contributed by atoms with Gasteiger partial charge in [0.2, 0.25) is 5.91 Å². The van der Waals surface area contributed by atoms with Gasteiger partial charge in [0, 0.05) is 37.2 Å². The van der Waals surface area contributed by atoms with Gasteiger partial charge in [-0.05, 0) is 55.5 Å². The number of aryl methyl sites for hydroxylation is 1. The van der Waals surface area contributed by atoms with Gasteiger partial charge in [0.15, 0.2) is 0 Å². The van der Waals surface area contributed by atoms with E-state index in [0.717, 1.165) is 52.2 Å². The van der Waals surface area contributed by atoms with Crippen LogP contribution in [0.2, 0.25) is 0 Å². The fourth-order valence-corrected chi connectivity index (χ4v) is 4.68. The summed E-state index contributed by atoms with van der Waals surface area (Å²) in [6, 6.07) is 17.6. The normalized spacial score (nSPS) is 13.7. The summed E-state index contributed by atoms with van der Waals surface area (Å²) in [5.41, 5.74) is 10.3. The molecule has 3 heterocycles. The number of ether oxygens (including phenoxy) is 1. The quantitative estimate of drug-likeness (QED) is 0.314. The number of benzene rings is 2. The summed E-state index contributed by atoms with van der Waals surface area (Å²) in [5.74, 6) is 9.04. The van der Waals surface area contributed by atoms with Crippen molar-refractivity contribution in [1.29, 1.82) is 0 Å². The van der Waals surface area contributed by atoms with Crippen LogP contribution < -0.4 is 10.5 Å². The van der Waals surface area contributed by atoms with Gasteiger partial charge in [-0.3, -0.25) is 4.79 Å². The molecule has 2 aromatic carbocycles. The van der Waals surface area contributed by atoms with Gasteiger partial charge in [-0.2, -0.15) is 0 Å². The molecule has 0 spiro atoms. The number of anilines is 1. The Labute approximate surface area is 216 Å². The highest BCUT2D eigenvalue weighted by Gasteiger charge is 2.23. The van der Waals surface area contributed by atoms with Gasteiger partial charge in [-0.15, -0.1) is 0 Å². The van der Waals surface area contributed by atoms with Crippen molar-refractivity contribution in [3.05, 3.63) is 78.8 Å². The number of fused-ring (bicyclic) bond motifs is 1. The fourth-order valence-electron chi connectivity index (χ4n) is 4.68. The van der Waals surface area contributed by atoms with E-state index in [1.165, 1.54) is 6.33 Å². The van der Waals surface area contributed by atoms with Gasteiger partial charge >= 0.3 is 0 Å². The molecule has 7 heteroatoms. The molecule has 0 radical (unpaired) electrons. The lowest BCUT2D eigenvalue weighted by atomic mass is 9.96. The molecule has 5 rings (SSSR count). The average molecular weight is 492 g/mol. The molecule has 1 saturated heterocycles. The van der Waals surface area contributed by atoms with Gasteiger partial charge in [-0.1, -0.05) is 42.8 Å². The lowest BCUT2D eigenvalue weighted by Crippen LogP contribution is -2.38. The molecule has 37 heavy (non-hydrogen) atoms. The van der Waals surface area contributed by atoms with Crippen molar-refractivity contribution in [2.45, 2.75) is 19.8 Å². The molecule has 1 fully saturated rings. The van der Waals surface area contributed by atoms with Crippen molar-refractivity contribution in [3.63, 3.8) is 0 Å². The molecule has 0 bridgehead atoms. The molecule has 2 N–H and O–H groups in total. The standard InChI is InChI=1S/C30H29N5O2/c1-20(2)30(36)35-17-15-21(16-18-35)9-14-25-26(27-28(31)32-19-33-29(27)34(25)3)22-10-12-24(13-11-22)37-23-7-5-4-6-8-23/h4-8,10-13,19,21H,1,15-18H2,2-3H3,(H2,31,32,33). The summed E-state index contributed by atoms with van der Waals surface area (Å²) in [5, 5.41) is 0.785. The number of likely N-dealkylation sites (tertiary alicyclic amines) is 1. The van der Waals surface area contributed by atoms with Gasteiger partial charge < -0.3 is 19.9 Å². The van der Waals surface area contributed by atoms with Gasteiger partial charge in [0.05, 0.1) is 5.39 Å². The van der Waals surface area contributed by atoms with E-state index in [9.17, 15) is 4.79 Å². The molecule has 0 saturated carbocycles. The highest BCUT2D eigenvalue weighted by molar-refractivity contribution is 6.03. The Hall–Kier alpha value is -4.57. The number of para-hydroxylation sites is 1. The largest absolute Gasteiger partial charge is 0.457 e. The van der Waals surface area contributed by atoms with Crippen LogP contribution in [0.1, 0.15) is 25.5 Å². The van der Waals surface area contributed by atoms with Crippen molar-refractivity contribution in [2.75, 3.05) is 18.8 Å². The SMILES string of the molecule is C=C(C)C(=O)N1CCC(C#Cc2c(-c3ccc(Oc4ccccc4)cc3)c3c(N)ncnc3n2C)CC1. The van der Waals surface area contributed by atoms with Crippen molar-refractivity contribution in [2.24, 2.45) is 13.0 Å². The smallest absolute Gasteiger partial charge is 0.248 e. The summed E-state index contributed by atoms with van der Waals surface area (Å²) in [6.07, 6.45) is 3.14. The van der Waals surface area contributed by atoms with Crippen LogP contribution in [-0.2, 0) is 11.8 Å². The van der Waals surface area contributed by atoms with Crippen LogP contribution in [0, 0.1) is 17.8 Å². The molecule has 0 atom stereocenters. The average Bonchev–Trinajstić information content (AvgIpc) is 3.21. The maximum absolute atomic E-state index is 12.2. The highest BCUT2D eigenvalue weighted by Crippen LogP contribution is 2.37. The van der Waals surface area contributed by atoms with Crippen molar-refractivity contribution in [3.8, 4) is 34.5 Å². The number of piperidine rings is 1. The predicted molar refractivity (Wildman–Crippen MR) is 146 cm³/mol. The number of nitrogens with zero attached hydrogens (tertiary/aromatic N) is 4. The van der Waals surface area contributed by atoms with E-state index in [-0.39, 0.29) is 11.8 Å². The Kier molecular flexibility index (Phi) is 6.65. The molecular formula is C30H29N5O2. The summed E-state index contributed by atoms with van der Waals surface area (Å²) >= 11 is 0. The highest BCUT2D eigenvalue weighted by atomic mass is 16.5. The van der Waals surface area contributed by atoms with Crippen molar-refractivity contribution >= 4 is 22.8 Å². The third-order valence-electron chi connectivity index (χ3n) is 6.66. The van der Waals surface area contributed by atoms with Crippen LogP contribution in [0.15, 0.2) is 73.1 Å². The molecule has 1 aliphatic heterocycles. The van der Waals surface area contributed by atoms with Crippen LogP contribution >= 0.6 is 0 Å². The molecule has 4 aromatic rings. The minimum absolute atomic E-state index is 0.0242. The molecule has 2 aromatic heterocycles. The Balaban J connectivity index is 1.47. The molecule has 1 aliphatic rings. The summed E-state index contributed by atoms with van der Waals surface area (Å²) < 4.78 is 7.94. The van der Waals surface area contributed by atoms with Crippen molar-refractivity contribution < 1.29 is 9.53 Å².